The topological polar surface area (TPSA) is 61.3 Å². The monoisotopic (exact) mass is 252 g/mol. The first kappa shape index (κ1) is 11.3. The van der Waals surface area contributed by atoms with Crippen LogP contribution in [0, 0.1) is 0 Å². The van der Waals surface area contributed by atoms with Crippen LogP contribution in [0.2, 0.25) is 0 Å². The van der Waals surface area contributed by atoms with E-state index in [1.807, 2.05) is 54.6 Å². The van der Waals surface area contributed by atoms with Gasteiger partial charge in [0.2, 0.25) is 0 Å². The summed E-state index contributed by atoms with van der Waals surface area (Å²) in [6.07, 6.45) is 1.48. The summed E-state index contributed by atoms with van der Waals surface area (Å²) in [7, 11) is 0. The summed E-state index contributed by atoms with van der Waals surface area (Å²) in [4.78, 5) is 0. The van der Waals surface area contributed by atoms with Gasteiger partial charge in [-0.25, -0.2) is 0 Å². The third-order valence-corrected chi connectivity index (χ3v) is 2.70. The van der Waals surface area contributed by atoms with E-state index in [2.05, 4.69) is 5.16 Å². The lowest BCUT2D eigenvalue weighted by Gasteiger charge is -2.09. The maximum absolute atomic E-state index is 5.84. The first-order valence-corrected chi connectivity index (χ1v) is 5.87. The van der Waals surface area contributed by atoms with Crippen LogP contribution in [0.25, 0.3) is 11.3 Å². The number of nitrogen functional groups attached to an aromatic ring is 1. The zero-order chi connectivity index (χ0) is 13.1. The van der Waals surface area contributed by atoms with Crippen molar-refractivity contribution >= 4 is 5.69 Å². The van der Waals surface area contributed by atoms with E-state index in [4.69, 9.17) is 15.0 Å². The molecule has 0 spiro atoms. The fraction of sp³-hybridized carbons (Fsp3) is 0. The Morgan fingerprint density at radius 3 is 2.42 bits per heavy atom. The van der Waals surface area contributed by atoms with Gasteiger partial charge in [-0.2, -0.15) is 0 Å². The summed E-state index contributed by atoms with van der Waals surface area (Å²) in [5.41, 5.74) is 7.09. The molecule has 3 aromatic rings. The number of aromatic nitrogens is 1. The summed E-state index contributed by atoms with van der Waals surface area (Å²) < 4.78 is 11.0. The van der Waals surface area contributed by atoms with Crippen LogP contribution in [0.1, 0.15) is 0 Å². The number of hydrogen-bond acceptors (Lipinski definition) is 4. The van der Waals surface area contributed by atoms with Crippen LogP contribution in [-0.4, -0.2) is 5.16 Å². The van der Waals surface area contributed by atoms with Crippen LogP contribution < -0.4 is 10.5 Å². The molecule has 0 aliphatic carbocycles. The second kappa shape index (κ2) is 4.86. The molecule has 0 saturated carbocycles. The van der Waals surface area contributed by atoms with Gasteiger partial charge in [0.1, 0.15) is 17.2 Å². The average molecular weight is 252 g/mol. The molecule has 0 atom stereocenters. The minimum absolute atomic E-state index is 0.490. The summed E-state index contributed by atoms with van der Waals surface area (Å²) in [6, 6.07) is 17.1. The van der Waals surface area contributed by atoms with Gasteiger partial charge in [0.05, 0.1) is 11.8 Å². The largest absolute Gasteiger partial charge is 0.457 e. The second-order valence-corrected chi connectivity index (χ2v) is 4.02. The van der Waals surface area contributed by atoms with Gasteiger partial charge in [0.25, 0.3) is 0 Å². The molecule has 0 unspecified atom stereocenters. The average Bonchev–Trinajstić information content (AvgIpc) is 2.87. The molecule has 0 radical (unpaired) electrons. The smallest absolute Gasteiger partial charge is 0.193 e. The van der Waals surface area contributed by atoms with Crippen molar-refractivity contribution in [3.63, 3.8) is 0 Å². The molecule has 2 N–H and O–H groups in total. The van der Waals surface area contributed by atoms with E-state index in [1.54, 1.807) is 0 Å². The lowest BCUT2D eigenvalue weighted by Crippen LogP contribution is -1.90. The maximum Gasteiger partial charge on any atom is 0.193 e. The van der Waals surface area contributed by atoms with Gasteiger partial charge in [0.15, 0.2) is 5.76 Å². The second-order valence-electron chi connectivity index (χ2n) is 4.02. The quantitative estimate of drug-likeness (QED) is 0.771. The van der Waals surface area contributed by atoms with Crippen molar-refractivity contribution in [3.05, 3.63) is 60.8 Å². The third kappa shape index (κ3) is 2.28. The van der Waals surface area contributed by atoms with Crippen molar-refractivity contribution in [3.8, 4) is 22.8 Å². The normalized spacial score (nSPS) is 10.3. The lowest BCUT2D eigenvalue weighted by molar-refractivity contribution is 0.427. The molecule has 0 bridgehead atoms. The number of anilines is 1. The van der Waals surface area contributed by atoms with Crippen molar-refractivity contribution in [2.75, 3.05) is 5.73 Å². The van der Waals surface area contributed by atoms with Crippen molar-refractivity contribution in [2.24, 2.45) is 0 Å². The van der Waals surface area contributed by atoms with E-state index >= 15 is 0 Å². The Labute approximate surface area is 110 Å². The molecule has 1 heterocycles. The lowest BCUT2D eigenvalue weighted by atomic mass is 10.1. The van der Waals surface area contributed by atoms with Crippen LogP contribution in [0.4, 0.5) is 5.69 Å². The Balaban J connectivity index is 2.01. The molecule has 0 saturated heterocycles. The Morgan fingerprint density at radius 2 is 1.68 bits per heavy atom. The highest BCUT2D eigenvalue weighted by molar-refractivity contribution is 5.75. The van der Waals surface area contributed by atoms with Gasteiger partial charge < -0.3 is 15.0 Å². The Kier molecular flexibility index (Phi) is 2.90. The van der Waals surface area contributed by atoms with E-state index in [9.17, 15) is 0 Å². The molecule has 4 heteroatoms. The fourth-order valence-electron chi connectivity index (χ4n) is 1.81. The number of nitrogens with two attached hydrogens (primary N) is 1. The highest BCUT2D eigenvalue weighted by Gasteiger charge is 2.13. The minimum atomic E-state index is 0.490. The van der Waals surface area contributed by atoms with Crippen LogP contribution in [0.15, 0.2) is 65.3 Å². The number of para-hydroxylation sites is 2. The van der Waals surface area contributed by atoms with Crippen molar-refractivity contribution in [1.82, 2.24) is 5.16 Å². The Morgan fingerprint density at radius 1 is 0.947 bits per heavy atom. The van der Waals surface area contributed by atoms with E-state index in [0.717, 1.165) is 11.3 Å². The molecule has 0 fully saturated rings. The molecule has 19 heavy (non-hydrogen) atoms. The summed E-state index contributed by atoms with van der Waals surface area (Å²) in [5, 5.41) is 3.69. The molecule has 94 valence electrons. The van der Waals surface area contributed by atoms with Gasteiger partial charge in [0, 0.05) is 0 Å². The molecule has 3 rings (SSSR count). The molecule has 4 nitrogen and oxygen atoms in total. The molecule has 1 aromatic heterocycles. The predicted molar refractivity (Wildman–Crippen MR) is 72.9 cm³/mol. The van der Waals surface area contributed by atoms with Crippen molar-refractivity contribution in [2.45, 2.75) is 0 Å². The maximum atomic E-state index is 5.84. The number of ether oxygens (including phenoxy) is 1. The third-order valence-electron chi connectivity index (χ3n) is 2.70. The fourth-order valence-corrected chi connectivity index (χ4v) is 1.81. The number of nitrogens with zero attached hydrogens (tertiary/aromatic N) is 1. The highest BCUT2D eigenvalue weighted by atomic mass is 16.5. The molecular formula is C15H12N2O2. The van der Waals surface area contributed by atoms with Gasteiger partial charge >= 0.3 is 0 Å². The molecule has 0 amide bonds. The van der Waals surface area contributed by atoms with E-state index in [1.165, 1.54) is 6.20 Å². The summed E-state index contributed by atoms with van der Waals surface area (Å²) >= 11 is 0. The SMILES string of the molecule is Nc1cnoc1-c1ccccc1Oc1ccccc1. The van der Waals surface area contributed by atoms with Gasteiger partial charge in [-0.3, -0.25) is 0 Å². The Hall–Kier alpha value is -2.75. The molecule has 0 aliphatic rings. The van der Waals surface area contributed by atoms with Crippen LogP contribution in [0.3, 0.4) is 0 Å². The number of hydrogen-bond donors (Lipinski definition) is 1. The van der Waals surface area contributed by atoms with E-state index in [0.29, 0.717) is 17.2 Å². The first-order chi connectivity index (χ1) is 9.34. The van der Waals surface area contributed by atoms with Crippen molar-refractivity contribution in [1.29, 1.82) is 0 Å². The molecular weight excluding hydrogens is 240 g/mol. The standard InChI is InChI=1S/C15H12N2O2/c16-13-10-17-19-15(13)12-8-4-5-9-14(12)18-11-6-2-1-3-7-11/h1-10H,16H2. The highest BCUT2D eigenvalue weighted by Crippen LogP contribution is 2.35. The summed E-state index contributed by atoms with van der Waals surface area (Å²) in [6.45, 7) is 0. The Bertz CT molecular complexity index is 677. The van der Waals surface area contributed by atoms with Gasteiger partial charge in [-0.15, -0.1) is 0 Å². The van der Waals surface area contributed by atoms with Crippen molar-refractivity contribution < 1.29 is 9.26 Å². The van der Waals surface area contributed by atoms with Crippen LogP contribution in [0.5, 0.6) is 11.5 Å². The number of rotatable bonds is 3. The first-order valence-electron chi connectivity index (χ1n) is 5.87. The van der Waals surface area contributed by atoms with Crippen LogP contribution in [-0.2, 0) is 0 Å². The zero-order valence-electron chi connectivity index (χ0n) is 10.1. The summed E-state index contributed by atoms with van der Waals surface area (Å²) in [5.74, 6) is 1.96. The van der Waals surface area contributed by atoms with E-state index < -0.39 is 0 Å². The predicted octanol–water partition coefficient (Wildman–Crippen LogP) is 3.72. The van der Waals surface area contributed by atoms with E-state index in [-0.39, 0.29) is 0 Å². The van der Waals surface area contributed by atoms with Gasteiger partial charge in [-0.1, -0.05) is 35.5 Å². The molecule has 2 aromatic carbocycles. The molecule has 0 aliphatic heterocycles. The van der Waals surface area contributed by atoms with Gasteiger partial charge in [-0.05, 0) is 24.3 Å². The van der Waals surface area contributed by atoms with Crippen LogP contribution >= 0.6 is 0 Å². The number of benzene rings is 2. The zero-order valence-corrected chi connectivity index (χ0v) is 10.1. The minimum Gasteiger partial charge on any atom is -0.457 e.